The summed E-state index contributed by atoms with van der Waals surface area (Å²) >= 11 is 6.44. The number of benzene rings is 2. The average molecular weight is 288 g/mol. The molecule has 0 bridgehead atoms. The zero-order valence-corrected chi connectivity index (χ0v) is 13.4. The van der Waals surface area contributed by atoms with Crippen LogP contribution >= 0.6 is 11.6 Å². The molecule has 2 aromatic rings. The van der Waals surface area contributed by atoms with Gasteiger partial charge in [-0.15, -0.1) is 0 Å². The zero-order valence-electron chi connectivity index (χ0n) is 12.6. The fraction of sp³-hybridized carbons (Fsp3) is 0.333. The summed E-state index contributed by atoms with van der Waals surface area (Å²) in [5, 5.41) is 4.25. The van der Waals surface area contributed by atoms with Crippen molar-refractivity contribution in [1.82, 2.24) is 5.32 Å². The summed E-state index contributed by atoms with van der Waals surface area (Å²) in [5.74, 6) is 0. The second-order valence-electron chi connectivity index (χ2n) is 5.43. The predicted molar refractivity (Wildman–Crippen MR) is 87.6 cm³/mol. The van der Waals surface area contributed by atoms with E-state index in [9.17, 15) is 0 Å². The first kappa shape index (κ1) is 15.1. The third-order valence-corrected chi connectivity index (χ3v) is 4.35. The van der Waals surface area contributed by atoms with Gasteiger partial charge in [-0.1, -0.05) is 41.9 Å². The second-order valence-corrected chi connectivity index (χ2v) is 5.84. The molecule has 0 saturated heterocycles. The van der Waals surface area contributed by atoms with E-state index in [-0.39, 0.29) is 6.04 Å². The highest BCUT2D eigenvalue weighted by atomic mass is 35.5. The zero-order chi connectivity index (χ0) is 14.7. The van der Waals surface area contributed by atoms with Gasteiger partial charge < -0.3 is 5.32 Å². The number of likely N-dealkylation sites (N-methyl/N-ethyl adjacent to an activating group) is 1. The van der Waals surface area contributed by atoms with Gasteiger partial charge in [-0.25, -0.2) is 0 Å². The number of aryl methyl sites for hydroxylation is 3. The Morgan fingerprint density at radius 3 is 2.30 bits per heavy atom. The van der Waals surface area contributed by atoms with Gasteiger partial charge in [0.25, 0.3) is 0 Å². The van der Waals surface area contributed by atoms with Crippen molar-refractivity contribution in [2.75, 3.05) is 7.05 Å². The van der Waals surface area contributed by atoms with Crippen LogP contribution < -0.4 is 5.32 Å². The van der Waals surface area contributed by atoms with Crippen molar-refractivity contribution in [3.05, 3.63) is 69.2 Å². The molecule has 0 saturated carbocycles. The van der Waals surface area contributed by atoms with E-state index in [0.29, 0.717) is 0 Å². The second kappa shape index (κ2) is 6.43. The summed E-state index contributed by atoms with van der Waals surface area (Å²) in [6, 6.07) is 13.0. The largest absolute Gasteiger partial charge is 0.313 e. The van der Waals surface area contributed by atoms with Crippen molar-refractivity contribution in [3.63, 3.8) is 0 Å². The molecule has 0 aromatic heterocycles. The summed E-state index contributed by atoms with van der Waals surface area (Å²) in [6.07, 6.45) is 0.950. The Labute approximate surface area is 127 Å². The third-order valence-electron chi connectivity index (χ3n) is 4.02. The molecule has 1 unspecified atom stereocenters. The van der Waals surface area contributed by atoms with E-state index in [2.05, 4.69) is 62.5 Å². The van der Waals surface area contributed by atoms with Crippen LogP contribution in [0.1, 0.15) is 33.9 Å². The van der Waals surface area contributed by atoms with Gasteiger partial charge in [0, 0.05) is 11.1 Å². The van der Waals surface area contributed by atoms with Crippen molar-refractivity contribution < 1.29 is 0 Å². The Balaban J connectivity index is 2.34. The van der Waals surface area contributed by atoms with Gasteiger partial charge in [-0.3, -0.25) is 0 Å². The smallest absolute Gasteiger partial charge is 0.0456 e. The molecule has 0 spiro atoms. The normalized spacial score (nSPS) is 12.4. The van der Waals surface area contributed by atoms with E-state index in [4.69, 9.17) is 11.6 Å². The van der Waals surface area contributed by atoms with E-state index in [0.717, 1.165) is 11.4 Å². The van der Waals surface area contributed by atoms with E-state index in [1.807, 2.05) is 7.05 Å². The van der Waals surface area contributed by atoms with Crippen LogP contribution in [0.15, 0.2) is 36.4 Å². The molecule has 0 fully saturated rings. The molecule has 106 valence electrons. The van der Waals surface area contributed by atoms with E-state index < -0.39 is 0 Å². The van der Waals surface area contributed by atoms with Gasteiger partial charge in [0.05, 0.1) is 0 Å². The molecular formula is C18H22ClN. The lowest BCUT2D eigenvalue weighted by atomic mass is 9.94. The number of hydrogen-bond acceptors (Lipinski definition) is 1. The topological polar surface area (TPSA) is 12.0 Å². The van der Waals surface area contributed by atoms with Crippen molar-refractivity contribution in [2.24, 2.45) is 0 Å². The summed E-state index contributed by atoms with van der Waals surface area (Å²) in [4.78, 5) is 0. The highest BCUT2D eigenvalue weighted by molar-refractivity contribution is 6.31. The molecule has 2 heteroatoms. The maximum Gasteiger partial charge on any atom is 0.0456 e. The molecule has 0 aliphatic heterocycles. The van der Waals surface area contributed by atoms with Gasteiger partial charge in [-0.2, -0.15) is 0 Å². The summed E-state index contributed by atoms with van der Waals surface area (Å²) < 4.78 is 0. The summed E-state index contributed by atoms with van der Waals surface area (Å²) in [5.41, 5.74) is 6.40. The molecule has 2 rings (SSSR count). The Morgan fingerprint density at radius 2 is 1.65 bits per heavy atom. The molecule has 1 atom stereocenters. The molecule has 1 nitrogen and oxygen atoms in total. The highest BCUT2D eigenvalue weighted by Crippen LogP contribution is 2.29. The van der Waals surface area contributed by atoms with Gasteiger partial charge in [-0.05, 0) is 68.1 Å². The standard InChI is InChI=1S/C18H22ClN/c1-12-7-5-6-8-15(12)11-18(20-4)16-9-13(2)14(3)10-17(16)19/h5-10,18,20H,11H2,1-4H3. The Bertz CT molecular complexity index is 604. The lowest BCUT2D eigenvalue weighted by molar-refractivity contribution is 0.590. The van der Waals surface area contributed by atoms with Gasteiger partial charge in [0.15, 0.2) is 0 Å². The maximum atomic E-state index is 6.44. The fourth-order valence-electron chi connectivity index (χ4n) is 2.50. The van der Waals surface area contributed by atoms with Crippen LogP contribution in [0.3, 0.4) is 0 Å². The van der Waals surface area contributed by atoms with Crippen LogP contribution in [0.5, 0.6) is 0 Å². The fourth-order valence-corrected chi connectivity index (χ4v) is 2.85. The van der Waals surface area contributed by atoms with Gasteiger partial charge in [0.1, 0.15) is 0 Å². The van der Waals surface area contributed by atoms with Crippen molar-refractivity contribution in [2.45, 2.75) is 33.2 Å². The van der Waals surface area contributed by atoms with E-state index in [1.54, 1.807) is 0 Å². The summed E-state index contributed by atoms with van der Waals surface area (Å²) in [7, 11) is 1.99. The lowest BCUT2D eigenvalue weighted by Gasteiger charge is -2.20. The first-order valence-electron chi connectivity index (χ1n) is 7.01. The van der Waals surface area contributed by atoms with E-state index >= 15 is 0 Å². The van der Waals surface area contributed by atoms with E-state index in [1.165, 1.54) is 27.8 Å². The number of nitrogens with one attached hydrogen (secondary N) is 1. The third kappa shape index (κ3) is 3.23. The molecule has 20 heavy (non-hydrogen) atoms. The van der Waals surface area contributed by atoms with Gasteiger partial charge in [0.2, 0.25) is 0 Å². The molecule has 0 radical (unpaired) electrons. The predicted octanol–water partition coefficient (Wildman–Crippen LogP) is 4.77. The molecule has 0 aliphatic carbocycles. The minimum atomic E-state index is 0.239. The Hall–Kier alpha value is -1.31. The van der Waals surface area contributed by atoms with Crippen LogP contribution in [0.4, 0.5) is 0 Å². The SMILES string of the molecule is CNC(Cc1ccccc1C)c1cc(C)c(C)cc1Cl. The van der Waals surface area contributed by atoms with Crippen molar-refractivity contribution in [1.29, 1.82) is 0 Å². The van der Waals surface area contributed by atoms with Crippen LogP contribution in [0.25, 0.3) is 0 Å². The minimum Gasteiger partial charge on any atom is -0.313 e. The van der Waals surface area contributed by atoms with Crippen LogP contribution in [-0.2, 0) is 6.42 Å². The molecule has 2 aromatic carbocycles. The molecular weight excluding hydrogens is 266 g/mol. The first-order valence-corrected chi connectivity index (χ1v) is 7.39. The number of rotatable bonds is 4. The molecule has 0 aliphatic rings. The van der Waals surface area contributed by atoms with Crippen LogP contribution in [0, 0.1) is 20.8 Å². The Morgan fingerprint density at radius 1 is 1.00 bits per heavy atom. The number of halogens is 1. The minimum absolute atomic E-state index is 0.239. The lowest BCUT2D eigenvalue weighted by Crippen LogP contribution is -2.20. The maximum absolute atomic E-state index is 6.44. The summed E-state index contributed by atoms with van der Waals surface area (Å²) in [6.45, 7) is 6.39. The van der Waals surface area contributed by atoms with Crippen molar-refractivity contribution >= 4 is 11.6 Å². The van der Waals surface area contributed by atoms with Gasteiger partial charge >= 0.3 is 0 Å². The quantitative estimate of drug-likeness (QED) is 0.854. The van der Waals surface area contributed by atoms with Crippen LogP contribution in [0.2, 0.25) is 5.02 Å². The average Bonchev–Trinajstić information content (AvgIpc) is 2.42. The molecule has 0 heterocycles. The van der Waals surface area contributed by atoms with Crippen molar-refractivity contribution in [3.8, 4) is 0 Å². The first-order chi connectivity index (χ1) is 9.52. The highest BCUT2D eigenvalue weighted by Gasteiger charge is 2.15. The molecule has 1 N–H and O–H groups in total. The molecule has 0 amide bonds. The Kier molecular flexibility index (Phi) is 4.85. The number of hydrogen-bond donors (Lipinski definition) is 1. The van der Waals surface area contributed by atoms with Crippen LogP contribution in [-0.4, -0.2) is 7.05 Å². The monoisotopic (exact) mass is 287 g/mol.